The van der Waals surface area contributed by atoms with Crippen LogP contribution in [0.4, 0.5) is 0 Å². The summed E-state index contributed by atoms with van der Waals surface area (Å²) in [6.45, 7) is 4.36. The summed E-state index contributed by atoms with van der Waals surface area (Å²) in [5, 5.41) is 2.79. The molecule has 0 spiro atoms. The number of amides is 1. The van der Waals surface area contributed by atoms with Crippen LogP contribution in [0.3, 0.4) is 0 Å². The number of rotatable bonds is 4. The highest BCUT2D eigenvalue weighted by molar-refractivity contribution is 5.85. The molecular formula is C11H19Cl2N3O. The highest BCUT2D eigenvalue weighted by Crippen LogP contribution is 1.99. The smallest absolute Gasteiger partial charge is 0.237 e. The van der Waals surface area contributed by atoms with Gasteiger partial charge in [0.1, 0.15) is 0 Å². The number of hydrogen-bond donors (Lipinski definition) is 2. The molecule has 6 heteroatoms. The molecule has 0 aliphatic rings. The Kier molecular flexibility index (Phi) is 10.0. The van der Waals surface area contributed by atoms with Crippen molar-refractivity contribution in [1.29, 1.82) is 0 Å². The lowest BCUT2D eigenvalue weighted by Gasteiger charge is -2.15. The lowest BCUT2D eigenvalue weighted by atomic mass is 10.1. The van der Waals surface area contributed by atoms with E-state index in [0.717, 1.165) is 5.56 Å². The van der Waals surface area contributed by atoms with Crippen LogP contribution in [0, 0.1) is 5.92 Å². The van der Waals surface area contributed by atoms with Gasteiger partial charge in [-0.1, -0.05) is 13.8 Å². The first-order valence-electron chi connectivity index (χ1n) is 5.03. The Morgan fingerprint density at radius 1 is 1.35 bits per heavy atom. The van der Waals surface area contributed by atoms with Gasteiger partial charge in [-0.2, -0.15) is 0 Å². The number of nitrogens with zero attached hydrogens (tertiary/aromatic N) is 1. The summed E-state index contributed by atoms with van der Waals surface area (Å²) >= 11 is 0. The number of hydrogen-bond acceptors (Lipinski definition) is 3. The second-order valence-electron chi connectivity index (χ2n) is 3.84. The molecule has 1 amide bonds. The fourth-order valence-corrected chi connectivity index (χ4v) is 1.11. The lowest BCUT2D eigenvalue weighted by Crippen LogP contribution is -2.43. The van der Waals surface area contributed by atoms with Crippen LogP contribution in [0.15, 0.2) is 24.5 Å². The van der Waals surface area contributed by atoms with Crippen molar-refractivity contribution in [3.05, 3.63) is 30.1 Å². The van der Waals surface area contributed by atoms with Gasteiger partial charge < -0.3 is 11.1 Å². The predicted molar refractivity (Wildman–Crippen MR) is 73.4 cm³/mol. The first-order valence-corrected chi connectivity index (χ1v) is 5.03. The maximum Gasteiger partial charge on any atom is 0.237 e. The molecule has 17 heavy (non-hydrogen) atoms. The molecule has 0 aliphatic carbocycles. The topological polar surface area (TPSA) is 68.0 Å². The molecule has 98 valence electrons. The van der Waals surface area contributed by atoms with E-state index in [1.165, 1.54) is 0 Å². The van der Waals surface area contributed by atoms with E-state index in [9.17, 15) is 4.79 Å². The van der Waals surface area contributed by atoms with E-state index in [2.05, 4.69) is 10.3 Å². The summed E-state index contributed by atoms with van der Waals surface area (Å²) < 4.78 is 0. The maximum absolute atomic E-state index is 11.5. The number of aromatic nitrogens is 1. The summed E-state index contributed by atoms with van der Waals surface area (Å²) in [4.78, 5) is 15.4. The second-order valence-corrected chi connectivity index (χ2v) is 3.84. The number of nitrogens with two attached hydrogens (primary N) is 1. The zero-order chi connectivity index (χ0) is 11.3. The molecule has 1 aromatic heterocycles. The lowest BCUT2D eigenvalue weighted by molar-refractivity contribution is -0.123. The molecule has 0 fully saturated rings. The van der Waals surface area contributed by atoms with Gasteiger partial charge in [0, 0.05) is 18.9 Å². The molecule has 0 saturated carbocycles. The van der Waals surface area contributed by atoms with Crippen molar-refractivity contribution in [1.82, 2.24) is 10.3 Å². The number of carbonyl (C=O) groups is 1. The molecule has 4 nitrogen and oxygen atoms in total. The minimum atomic E-state index is -0.438. The molecule has 0 bridgehead atoms. The Bertz CT molecular complexity index is 320. The molecule has 3 N–H and O–H groups in total. The van der Waals surface area contributed by atoms with Crippen molar-refractivity contribution < 1.29 is 4.79 Å². The highest BCUT2D eigenvalue weighted by Gasteiger charge is 2.16. The Labute approximate surface area is 114 Å². The van der Waals surface area contributed by atoms with Gasteiger partial charge in [0.05, 0.1) is 6.04 Å². The van der Waals surface area contributed by atoms with Gasteiger partial charge in [-0.3, -0.25) is 9.78 Å². The first kappa shape index (κ1) is 18.5. The van der Waals surface area contributed by atoms with Gasteiger partial charge in [-0.15, -0.1) is 24.8 Å². The van der Waals surface area contributed by atoms with E-state index in [-0.39, 0.29) is 36.6 Å². The van der Waals surface area contributed by atoms with Crippen molar-refractivity contribution in [2.75, 3.05) is 0 Å². The third-order valence-corrected chi connectivity index (χ3v) is 2.24. The van der Waals surface area contributed by atoms with Gasteiger partial charge in [0.2, 0.25) is 5.91 Å². The van der Waals surface area contributed by atoms with Gasteiger partial charge >= 0.3 is 0 Å². The number of carbonyl (C=O) groups excluding carboxylic acids is 1. The molecule has 1 aromatic rings. The second kappa shape index (κ2) is 9.22. The first-order chi connectivity index (χ1) is 7.11. The average Bonchev–Trinajstić information content (AvgIpc) is 2.26. The van der Waals surface area contributed by atoms with E-state index < -0.39 is 6.04 Å². The van der Waals surface area contributed by atoms with Gasteiger partial charge in [-0.05, 0) is 23.6 Å². The quantitative estimate of drug-likeness (QED) is 0.878. The van der Waals surface area contributed by atoms with Crippen molar-refractivity contribution >= 4 is 30.7 Å². The number of pyridine rings is 1. The van der Waals surface area contributed by atoms with E-state index >= 15 is 0 Å². The minimum absolute atomic E-state index is 0. The van der Waals surface area contributed by atoms with Crippen LogP contribution < -0.4 is 11.1 Å². The van der Waals surface area contributed by atoms with Crippen LogP contribution in [0.5, 0.6) is 0 Å². The average molecular weight is 280 g/mol. The molecule has 0 aromatic carbocycles. The molecule has 0 saturated heterocycles. The molecule has 1 rings (SSSR count). The Morgan fingerprint density at radius 3 is 2.35 bits per heavy atom. The van der Waals surface area contributed by atoms with Gasteiger partial charge in [0.15, 0.2) is 0 Å². The van der Waals surface area contributed by atoms with Crippen molar-refractivity contribution in [3.8, 4) is 0 Å². The van der Waals surface area contributed by atoms with Crippen LogP contribution in [-0.4, -0.2) is 16.9 Å². The van der Waals surface area contributed by atoms with Gasteiger partial charge in [-0.25, -0.2) is 0 Å². The van der Waals surface area contributed by atoms with E-state index in [1.54, 1.807) is 12.4 Å². The predicted octanol–water partition coefficient (Wildman–Crippen LogP) is 1.52. The van der Waals surface area contributed by atoms with Gasteiger partial charge in [0.25, 0.3) is 0 Å². The van der Waals surface area contributed by atoms with E-state index in [0.29, 0.717) is 6.54 Å². The normalized spacial score (nSPS) is 11.1. The Balaban J connectivity index is 0. The Morgan fingerprint density at radius 2 is 1.88 bits per heavy atom. The molecule has 0 radical (unpaired) electrons. The summed E-state index contributed by atoms with van der Waals surface area (Å²) in [5.74, 6) is 0.0456. The van der Waals surface area contributed by atoms with Crippen LogP contribution >= 0.6 is 24.8 Å². The van der Waals surface area contributed by atoms with Crippen LogP contribution in [-0.2, 0) is 11.3 Å². The molecule has 1 atom stereocenters. The number of halogens is 2. The van der Waals surface area contributed by atoms with Crippen LogP contribution in [0.1, 0.15) is 19.4 Å². The van der Waals surface area contributed by atoms with E-state index in [4.69, 9.17) is 5.73 Å². The molecular weight excluding hydrogens is 261 g/mol. The van der Waals surface area contributed by atoms with Crippen LogP contribution in [0.2, 0.25) is 0 Å². The molecule has 0 aliphatic heterocycles. The SMILES string of the molecule is CC(C)[C@@H](N)C(=O)NCc1ccncc1.Cl.Cl. The third-order valence-electron chi connectivity index (χ3n) is 2.24. The fraction of sp³-hybridized carbons (Fsp3) is 0.455. The summed E-state index contributed by atoms with van der Waals surface area (Å²) in [7, 11) is 0. The minimum Gasteiger partial charge on any atom is -0.351 e. The molecule has 1 heterocycles. The largest absolute Gasteiger partial charge is 0.351 e. The fourth-order valence-electron chi connectivity index (χ4n) is 1.11. The zero-order valence-corrected chi connectivity index (χ0v) is 11.6. The van der Waals surface area contributed by atoms with Crippen molar-refractivity contribution in [2.24, 2.45) is 11.7 Å². The number of nitrogens with one attached hydrogen (secondary N) is 1. The Hall–Kier alpha value is -0.840. The summed E-state index contributed by atoms with van der Waals surface area (Å²) in [6.07, 6.45) is 3.40. The van der Waals surface area contributed by atoms with Crippen molar-refractivity contribution in [2.45, 2.75) is 26.4 Å². The van der Waals surface area contributed by atoms with Crippen LogP contribution in [0.25, 0.3) is 0 Å². The summed E-state index contributed by atoms with van der Waals surface area (Å²) in [6, 6.07) is 3.29. The third kappa shape index (κ3) is 6.46. The zero-order valence-electron chi connectivity index (χ0n) is 9.92. The summed E-state index contributed by atoms with van der Waals surface area (Å²) in [5.41, 5.74) is 6.72. The monoisotopic (exact) mass is 279 g/mol. The standard InChI is InChI=1S/C11H17N3O.2ClH/c1-8(2)10(12)11(15)14-7-9-3-5-13-6-4-9;;/h3-6,8,10H,7,12H2,1-2H3,(H,14,15);2*1H/t10-;;/m1../s1. The molecule has 0 unspecified atom stereocenters. The van der Waals surface area contributed by atoms with E-state index in [1.807, 2.05) is 26.0 Å². The van der Waals surface area contributed by atoms with Crippen molar-refractivity contribution in [3.63, 3.8) is 0 Å². The maximum atomic E-state index is 11.5. The highest BCUT2D eigenvalue weighted by atomic mass is 35.5.